The van der Waals surface area contributed by atoms with Crippen molar-refractivity contribution in [2.75, 3.05) is 13.1 Å². The first-order chi connectivity index (χ1) is 9.93. The smallest absolute Gasteiger partial charge is 0.323 e. The van der Waals surface area contributed by atoms with E-state index in [-0.39, 0.29) is 6.04 Å². The van der Waals surface area contributed by atoms with Crippen molar-refractivity contribution in [2.45, 2.75) is 51.5 Å². The molecule has 0 saturated heterocycles. The second kappa shape index (κ2) is 8.49. The van der Waals surface area contributed by atoms with Crippen LogP contribution in [0.1, 0.15) is 45.4 Å². The van der Waals surface area contributed by atoms with Crippen LogP contribution in [0.25, 0.3) is 0 Å². The number of carboxylic acid groups (broad SMARTS) is 2. The lowest BCUT2D eigenvalue weighted by molar-refractivity contribution is -0.140. The molecule has 1 fully saturated rings. The first-order valence-corrected chi connectivity index (χ1v) is 7.43. The lowest BCUT2D eigenvalue weighted by atomic mass is 9.83. The zero-order valence-corrected chi connectivity index (χ0v) is 12.4. The number of urea groups is 1. The molecule has 0 heterocycles. The quantitative estimate of drug-likeness (QED) is 0.661. The fraction of sp³-hybridized carbons (Fsp3) is 0.786. The Balaban J connectivity index is 2.63. The zero-order valence-electron chi connectivity index (χ0n) is 12.4. The lowest BCUT2D eigenvalue weighted by Gasteiger charge is -2.32. The standard InChI is InChI=1S/C14H24N2O5/c1-2-11(10-6-4-3-5-7-10)15-14(21)16(8-12(17)18)9-13(19)20/h10-11H,2-9H2,1H3,(H,15,21)(H,17,18)(H,19,20). The van der Waals surface area contributed by atoms with E-state index in [4.69, 9.17) is 10.2 Å². The monoisotopic (exact) mass is 300 g/mol. The van der Waals surface area contributed by atoms with Crippen LogP contribution in [0.3, 0.4) is 0 Å². The van der Waals surface area contributed by atoms with Crippen molar-refractivity contribution in [1.82, 2.24) is 10.2 Å². The minimum Gasteiger partial charge on any atom is -0.480 e. The molecule has 1 unspecified atom stereocenters. The molecule has 0 spiro atoms. The maximum Gasteiger partial charge on any atom is 0.323 e. The van der Waals surface area contributed by atoms with Crippen LogP contribution in [0.5, 0.6) is 0 Å². The molecule has 0 aromatic carbocycles. The molecular weight excluding hydrogens is 276 g/mol. The molecule has 21 heavy (non-hydrogen) atoms. The van der Waals surface area contributed by atoms with Crippen LogP contribution < -0.4 is 5.32 Å². The largest absolute Gasteiger partial charge is 0.480 e. The summed E-state index contributed by atoms with van der Waals surface area (Å²) in [6, 6.07) is -0.639. The molecule has 7 heteroatoms. The van der Waals surface area contributed by atoms with Crippen molar-refractivity contribution in [3.8, 4) is 0 Å². The van der Waals surface area contributed by atoms with Gasteiger partial charge in [-0.3, -0.25) is 9.59 Å². The van der Waals surface area contributed by atoms with Crippen molar-refractivity contribution in [1.29, 1.82) is 0 Å². The Morgan fingerprint density at radius 1 is 1.10 bits per heavy atom. The van der Waals surface area contributed by atoms with E-state index in [2.05, 4.69) is 5.32 Å². The molecule has 0 aliphatic heterocycles. The van der Waals surface area contributed by atoms with E-state index in [1.54, 1.807) is 0 Å². The van der Waals surface area contributed by atoms with E-state index in [9.17, 15) is 14.4 Å². The van der Waals surface area contributed by atoms with Gasteiger partial charge in [0.1, 0.15) is 13.1 Å². The molecular formula is C14H24N2O5. The molecule has 120 valence electrons. The highest BCUT2D eigenvalue weighted by Gasteiger charge is 2.27. The molecule has 1 aliphatic rings. The summed E-state index contributed by atoms with van der Waals surface area (Å²) in [6.07, 6.45) is 6.36. The Kier molecular flexibility index (Phi) is 6.98. The Labute approximate surface area is 124 Å². The molecule has 0 radical (unpaired) electrons. The number of aliphatic carboxylic acids is 2. The van der Waals surface area contributed by atoms with Gasteiger partial charge in [-0.2, -0.15) is 0 Å². The van der Waals surface area contributed by atoms with Gasteiger partial charge >= 0.3 is 18.0 Å². The highest BCUT2D eigenvalue weighted by atomic mass is 16.4. The second-order valence-corrected chi connectivity index (χ2v) is 5.51. The van der Waals surface area contributed by atoms with E-state index in [1.807, 2.05) is 6.92 Å². The second-order valence-electron chi connectivity index (χ2n) is 5.51. The number of rotatable bonds is 7. The number of nitrogens with one attached hydrogen (secondary N) is 1. The lowest BCUT2D eigenvalue weighted by Crippen LogP contribution is -2.50. The van der Waals surface area contributed by atoms with Gasteiger partial charge in [0, 0.05) is 6.04 Å². The summed E-state index contributed by atoms with van der Waals surface area (Å²) in [5.41, 5.74) is 0. The third kappa shape index (κ3) is 6.01. The Hall–Kier alpha value is -1.79. The Morgan fingerprint density at radius 2 is 1.62 bits per heavy atom. The number of nitrogens with zero attached hydrogens (tertiary/aromatic N) is 1. The van der Waals surface area contributed by atoms with Gasteiger partial charge in [-0.1, -0.05) is 26.2 Å². The van der Waals surface area contributed by atoms with Crippen LogP contribution in [-0.2, 0) is 9.59 Å². The predicted octanol–water partition coefficient (Wildman–Crippen LogP) is 1.53. The number of carboxylic acids is 2. The van der Waals surface area contributed by atoms with Crippen molar-refractivity contribution in [3.05, 3.63) is 0 Å². The van der Waals surface area contributed by atoms with Crippen molar-refractivity contribution >= 4 is 18.0 Å². The molecule has 0 aromatic heterocycles. The van der Waals surface area contributed by atoms with Gasteiger partial charge in [-0.05, 0) is 25.2 Å². The average Bonchev–Trinajstić information content (AvgIpc) is 2.43. The molecule has 7 nitrogen and oxygen atoms in total. The fourth-order valence-corrected chi connectivity index (χ4v) is 2.87. The normalized spacial score (nSPS) is 17.0. The third-order valence-electron chi connectivity index (χ3n) is 3.91. The Bertz CT molecular complexity index is 364. The minimum atomic E-state index is -1.22. The number of carbonyl (C=O) groups excluding carboxylic acids is 1. The van der Waals surface area contributed by atoms with E-state index < -0.39 is 31.1 Å². The molecule has 1 atom stereocenters. The highest BCUT2D eigenvalue weighted by Crippen LogP contribution is 2.27. The van der Waals surface area contributed by atoms with Crippen LogP contribution >= 0.6 is 0 Å². The van der Waals surface area contributed by atoms with Crippen molar-refractivity contribution < 1.29 is 24.6 Å². The van der Waals surface area contributed by atoms with E-state index in [0.717, 1.165) is 37.0 Å². The maximum absolute atomic E-state index is 12.1. The number of hydrogen-bond donors (Lipinski definition) is 3. The topological polar surface area (TPSA) is 107 Å². The van der Waals surface area contributed by atoms with Crippen LogP contribution in [0, 0.1) is 5.92 Å². The van der Waals surface area contributed by atoms with Crippen LogP contribution in [-0.4, -0.2) is 52.2 Å². The summed E-state index contributed by atoms with van der Waals surface area (Å²) < 4.78 is 0. The number of hydrogen-bond acceptors (Lipinski definition) is 3. The minimum absolute atomic E-state index is 0.0251. The maximum atomic E-state index is 12.1. The molecule has 2 amide bonds. The van der Waals surface area contributed by atoms with Crippen LogP contribution in [0.15, 0.2) is 0 Å². The summed E-state index contributed by atoms with van der Waals surface area (Å²) in [5.74, 6) is -2.06. The van der Waals surface area contributed by atoms with E-state index in [1.165, 1.54) is 6.42 Å². The highest BCUT2D eigenvalue weighted by molar-refractivity contribution is 5.84. The van der Waals surface area contributed by atoms with Gasteiger partial charge in [-0.25, -0.2) is 4.79 Å². The first kappa shape index (κ1) is 17.3. The van der Waals surface area contributed by atoms with Gasteiger partial charge in [0.15, 0.2) is 0 Å². The van der Waals surface area contributed by atoms with Gasteiger partial charge < -0.3 is 20.4 Å². The van der Waals surface area contributed by atoms with Crippen molar-refractivity contribution in [2.24, 2.45) is 5.92 Å². The van der Waals surface area contributed by atoms with Crippen LogP contribution in [0.2, 0.25) is 0 Å². The first-order valence-electron chi connectivity index (χ1n) is 7.43. The van der Waals surface area contributed by atoms with E-state index >= 15 is 0 Å². The molecule has 1 rings (SSSR count). The van der Waals surface area contributed by atoms with Crippen molar-refractivity contribution in [3.63, 3.8) is 0 Å². The van der Waals surface area contributed by atoms with Gasteiger partial charge in [0.05, 0.1) is 0 Å². The molecule has 1 aliphatic carbocycles. The molecule has 0 aromatic rings. The molecule has 3 N–H and O–H groups in total. The van der Waals surface area contributed by atoms with Crippen LogP contribution in [0.4, 0.5) is 4.79 Å². The summed E-state index contributed by atoms with van der Waals surface area (Å²) >= 11 is 0. The van der Waals surface area contributed by atoms with Gasteiger partial charge in [0.2, 0.25) is 0 Å². The van der Waals surface area contributed by atoms with E-state index in [0.29, 0.717) is 5.92 Å². The summed E-state index contributed by atoms with van der Waals surface area (Å²) in [7, 11) is 0. The SMILES string of the molecule is CCC(NC(=O)N(CC(=O)O)CC(=O)O)C1CCCCC1. The fourth-order valence-electron chi connectivity index (χ4n) is 2.87. The summed E-state index contributed by atoms with van der Waals surface area (Å²) in [6.45, 7) is 0.747. The van der Waals surface area contributed by atoms with Gasteiger partial charge in [0.25, 0.3) is 0 Å². The number of amides is 2. The summed E-state index contributed by atoms with van der Waals surface area (Å²) in [5, 5.41) is 20.3. The Morgan fingerprint density at radius 3 is 2.05 bits per heavy atom. The van der Waals surface area contributed by atoms with Gasteiger partial charge in [-0.15, -0.1) is 0 Å². The molecule has 0 bridgehead atoms. The zero-order chi connectivity index (χ0) is 15.8. The predicted molar refractivity (Wildman–Crippen MR) is 76.0 cm³/mol. The molecule has 1 saturated carbocycles. The number of carbonyl (C=O) groups is 3. The average molecular weight is 300 g/mol. The third-order valence-corrected chi connectivity index (χ3v) is 3.91. The summed E-state index contributed by atoms with van der Waals surface area (Å²) in [4.78, 5) is 34.4.